The number of aromatic nitrogens is 2. The molecule has 16 heavy (non-hydrogen) atoms. The van der Waals surface area contributed by atoms with E-state index < -0.39 is 0 Å². The Labute approximate surface area is 111 Å². The molecule has 1 N–H and O–H groups in total. The van der Waals surface area contributed by atoms with Crippen LogP contribution in [-0.4, -0.2) is 10.2 Å². The summed E-state index contributed by atoms with van der Waals surface area (Å²) < 4.78 is 0.820. The van der Waals surface area contributed by atoms with Gasteiger partial charge in [-0.2, -0.15) is 0 Å². The van der Waals surface area contributed by atoms with Gasteiger partial charge in [0.05, 0.1) is 5.02 Å². The maximum atomic E-state index is 5.88. The van der Waals surface area contributed by atoms with Crippen LogP contribution in [0.2, 0.25) is 10.2 Å². The van der Waals surface area contributed by atoms with Gasteiger partial charge in [-0.3, -0.25) is 0 Å². The van der Waals surface area contributed by atoms with Crippen molar-refractivity contribution in [1.29, 1.82) is 0 Å². The van der Waals surface area contributed by atoms with Crippen LogP contribution in [-0.2, 0) is 0 Å². The third kappa shape index (κ3) is 2.84. The molecule has 0 unspecified atom stereocenters. The first kappa shape index (κ1) is 11.6. The van der Waals surface area contributed by atoms with E-state index in [1.54, 1.807) is 18.2 Å². The summed E-state index contributed by atoms with van der Waals surface area (Å²) in [6.07, 6.45) is 0. The van der Waals surface area contributed by atoms with E-state index in [9.17, 15) is 0 Å². The van der Waals surface area contributed by atoms with Gasteiger partial charge in [0.2, 0.25) is 0 Å². The van der Waals surface area contributed by atoms with Crippen LogP contribution in [0.4, 0.5) is 11.5 Å². The SMILES string of the molecule is Clc1ccc(Nc2ccc(Cl)c(Br)c2)nn1. The Morgan fingerprint density at radius 2 is 1.88 bits per heavy atom. The second kappa shape index (κ2) is 4.99. The number of hydrogen-bond donors (Lipinski definition) is 1. The second-order valence-electron chi connectivity index (χ2n) is 3.00. The fourth-order valence-electron chi connectivity index (χ4n) is 1.10. The van der Waals surface area contributed by atoms with E-state index >= 15 is 0 Å². The first-order valence-corrected chi connectivity index (χ1v) is 5.91. The fourth-order valence-corrected chi connectivity index (χ4v) is 1.70. The van der Waals surface area contributed by atoms with Crippen molar-refractivity contribution < 1.29 is 0 Å². The van der Waals surface area contributed by atoms with E-state index in [4.69, 9.17) is 23.2 Å². The molecule has 0 spiro atoms. The largest absolute Gasteiger partial charge is 0.339 e. The molecule has 1 aromatic heterocycles. The lowest BCUT2D eigenvalue weighted by Crippen LogP contribution is -1.94. The van der Waals surface area contributed by atoms with Gasteiger partial charge >= 0.3 is 0 Å². The minimum Gasteiger partial charge on any atom is -0.339 e. The molecule has 2 aromatic rings. The molecule has 1 aromatic carbocycles. The normalized spacial score (nSPS) is 10.2. The summed E-state index contributed by atoms with van der Waals surface area (Å²) >= 11 is 14.9. The lowest BCUT2D eigenvalue weighted by Gasteiger charge is -2.05. The van der Waals surface area contributed by atoms with E-state index in [2.05, 4.69) is 31.4 Å². The number of rotatable bonds is 2. The molecule has 1 heterocycles. The number of benzene rings is 1. The van der Waals surface area contributed by atoms with Crippen LogP contribution < -0.4 is 5.32 Å². The highest BCUT2D eigenvalue weighted by atomic mass is 79.9. The molecule has 0 saturated heterocycles. The van der Waals surface area contributed by atoms with Crippen molar-refractivity contribution in [2.75, 3.05) is 5.32 Å². The van der Waals surface area contributed by atoms with E-state index in [-0.39, 0.29) is 0 Å². The Morgan fingerprint density at radius 3 is 2.50 bits per heavy atom. The summed E-state index contributed by atoms with van der Waals surface area (Å²) in [7, 11) is 0. The lowest BCUT2D eigenvalue weighted by molar-refractivity contribution is 1.04. The van der Waals surface area contributed by atoms with Crippen LogP contribution in [0.1, 0.15) is 0 Å². The van der Waals surface area contributed by atoms with E-state index in [0.29, 0.717) is 16.0 Å². The number of anilines is 2. The Hall–Kier alpha value is -0.840. The predicted octanol–water partition coefficient (Wildman–Crippen LogP) is 4.29. The smallest absolute Gasteiger partial charge is 0.153 e. The molecule has 0 aliphatic carbocycles. The van der Waals surface area contributed by atoms with Crippen molar-refractivity contribution in [3.8, 4) is 0 Å². The van der Waals surface area contributed by atoms with Crippen LogP contribution in [0.3, 0.4) is 0 Å². The monoisotopic (exact) mass is 317 g/mol. The highest BCUT2D eigenvalue weighted by Gasteiger charge is 2.00. The highest BCUT2D eigenvalue weighted by molar-refractivity contribution is 9.10. The fraction of sp³-hybridized carbons (Fsp3) is 0. The quantitative estimate of drug-likeness (QED) is 0.897. The molecule has 6 heteroatoms. The molecule has 0 saturated carbocycles. The van der Waals surface area contributed by atoms with Crippen molar-refractivity contribution >= 4 is 50.6 Å². The third-order valence-corrected chi connectivity index (χ3v) is 3.24. The van der Waals surface area contributed by atoms with Gasteiger partial charge in [0.1, 0.15) is 0 Å². The molecule has 82 valence electrons. The first-order valence-electron chi connectivity index (χ1n) is 4.36. The number of nitrogens with one attached hydrogen (secondary N) is 1. The number of hydrogen-bond acceptors (Lipinski definition) is 3. The summed E-state index contributed by atoms with van der Waals surface area (Å²) in [5, 5.41) is 11.7. The molecule has 0 fully saturated rings. The molecule has 0 bridgehead atoms. The zero-order valence-corrected chi connectivity index (χ0v) is 11.0. The second-order valence-corrected chi connectivity index (χ2v) is 4.64. The zero-order chi connectivity index (χ0) is 11.5. The van der Waals surface area contributed by atoms with Crippen molar-refractivity contribution in [1.82, 2.24) is 10.2 Å². The number of halogens is 3. The van der Waals surface area contributed by atoms with Gasteiger partial charge in [-0.1, -0.05) is 23.2 Å². The Bertz CT molecular complexity index is 502. The van der Waals surface area contributed by atoms with Crippen molar-refractivity contribution in [2.45, 2.75) is 0 Å². The molecule has 0 aliphatic rings. The highest BCUT2D eigenvalue weighted by Crippen LogP contribution is 2.26. The van der Waals surface area contributed by atoms with Crippen LogP contribution in [0.25, 0.3) is 0 Å². The number of nitrogens with zero attached hydrogens (tertiary/aromatic N) is 2. The third-order valence-electron chi connectivity index (χ3n) is 1.82. The molecular formula is C10H6BrCl2N3. The minimum absolute atomic E-state index is 0.364. The summed E-state index contributed by atoms with van der Waals surface area (Å²) in [6.45, 7) is 0. The molecule has 3 nitrogen and oxygen atoms in total. The van der Waals surface area contributed by atoms with Crippen LogP contribution in [0.5, 0.6) is 0 Å². The summed E-state index contributed by atoms with van der Waals surface area (Å²) in [5.41, 5.74) is 0.868. The van der Waals surface area contributed by atoms with Gasteiger partial charge in [0.25, 0.3) is 0 Å². The zero-order valence-electron chi connectivity index (χ0n) is 7.92. The maximum absolute atomic E-state index is 5.88. The summed E-state index contributed by atoms with van der Waals surface area (Å²) in [6, 6.07) is 8.92. The molecule has 0 amide bonds. The average molecular weight is 319 g/mol. The van der Waals surface area contributed by atoms with Gasteiger partial charge in [-0.15, -0.1) is 10.2 Å². The molecule has 2 rings (SSSR count). The molecule has 0 atom stereocenters. The van der Waals surface area contributed by atoms with Crippen molar-refractivity contribution in [3.63, 3.8) is 0 Å². The molecule has 0 aliphatic heterocycles. The van der Waals surface area contributed by atoms with E-state index in [1.165, 1.54) is 0 Å². The Kier molecular flexibility index (Phi) is 3.63. The topological polar surface area (TPSA) is 37.8 Å². The summed E-state index contributed by atoms with van der Waals surface area (Å²) in [5.74, 6) is 0.624. The van der Waals surface area contributed by atoms with E-state index in [1.807, 2.05) is 12.1 Å². The Balaban J connectivity index is 2.20. The van der Waals surface area contributed by atoms with Gasteiger partial charge in [0, 0.05) is 10.2 Å². The molecule has 0 radical (unpaired) electrons. The maximum Gasteiger partial charge on any atom is 0.153 e. The molecular weight excluding hydrogens is 313 g/mol. The van der Waals surface area contributed by atoms with Crippen LogP contribution in [0.15, 0.2) is 34.8 Å². The van der Waals surface area contributed by atoms with Crippen molar-refractivity contribution in [2.24, 2.45) is 0 Å². The van der Waals surface area contributed by atoms with Crippen LogP contribution in [0, 0.1) is 0 Å². The van der Waals surface area contributed by atoms with Gasteiger partial charge in [0.15, 0.2) is 11.0 Å². The predicted molar refractivity (Wildman–Crippen MR) is 69.5 cm³/mol. The van der Waals surface area contributed by atoms with Gasteiger partial charge in [-0.25, -0.2) is 0 Å². The van der Waals surface area contributed by atoms with Crippen molar-refractivity contribution in [3.05, 3.63) is 45.0 Å². The summed E-state index contributed by atoms with van der Waals surface area (Å²) in [4.78, 5) is 0. The Morgan fingerprint density at radius 1 is 1.06 bits per heavy atom. The first-order chi connectivity index (χ1) is 7.65. The van der Waals surface area contributed by atoms with Gasteiger partial charge in [-0.05, 0) is 46.3 Å². The van der Waals surface area contributed by atoms with Crippen LogP contribution >= 0.6 is 39.1 Å². The standard InChI is InChI=1S/C10H6BrCl2N3/c11-7-5-6(1-2-8(7)12)14-10-4-3-9(13)15-16-10/h1-5H,(H,14,16). The van der Waals surface area contributed by atoms with Gasteiger partial charge < -0.3 is 5.32 Å². The lowest BCUT2D eigenvalue weighted by atomic mass is 10.3. The minimum atomic E-state index is 0.364. The van der Waals surface area contributed by atoms with E-state index in [0.717, 1.165) is 10.2 Å². The average Bonchev–Trinajstić information content (AvgIpc) is 2.27.